The van der Waals surface area contributed by atoms with E-state index in [9.17, 15) is 18.3 Å². The number of ether oxygens (including phenoxy) is 1. The molecule has 1 saturated heterocycles. The Morgan fingerprint density at radius 2 is 1.62 bits per heavy atom. The zero-order chi connectivity index (χ0) is 19.7. The molecular formula is C20H31Cl2F3N2O2. The number of aliphatic hydroxyl groups is 1. The molecule has 0 spiro atoms. The number of rotatable bonds is 4. The lowest BCUT2D eigenvalue weighted by Crippen LogP contribution is -2.45. The Bertz CT molecular complexity index is 647. The van der Waals surface area contributed by atoms with Crippen molar-refractivity contribution in [3.05, 3.63) is 23.8 Å². The molecule has 1 aliphatic heterocycles. The second-order valence-corrected chi connectivity index (χ2v) is 7.92. The standard InChI is InChI=1S/C20H29F3N2O2.2ClH/c1-15(19(26)9-4-3-5-10-19)16-7-6-8-17(27-20(21,22)23)18(16)25-13-11-24(2)12-14-25;;/h6-8,15,26H,3-5,9-14H2,1-2H3;2*1H/t15-;;/m1../s1. The quantitative estimate of drug-likeness (QED) is 0.689. The fourth-order valence-electron chi connectivity index (χ4n) is 4.35. The predicted molar refractivity (Wildman–Crippen MR) is 114 cm³/mol. The second-order valence-electron chi connectivity index (χ2n) is 7.92. The van der Waals surface area contributed by atoms with Gasteiger partial charge in [0.15, 0.2) is 5.75 Å². The van der Waals surface area contributed by atoms with Gasteiger partial charge in [0.2, 0.25) is 0 Å². The van der Waals surface area contributed by atoms with Gasteiger partial charge in [0.05, 0.1) is 11.3 Å². The summed E-state index contributed by atoms with van der Waals surface area (Å²) in [7, 11) is 2.00. The first-order valence-electron chi connectivity index (χ1n) is 9.74. The van der Waals surface area contributed by atoms with E-state index >= 15 is 0 Å². The van der Waals surface area contributed by atoms with Crippen LogP contribution in [0, 0.1) is 0 Å². The Morgan fingerprint density at radius 1 is 1.03 bits per heavy atom. The smallest absolute Gasteiger partial charge is 0.404 e. The van der Waals surface area contributed by atoms with E-state index in [1.54, 1.807) is 6.07 Å². The molecule has 0 radical (unpaired) electrons. The molecule has 1 atom stereocenters. The van der Waals surface area contributed by atoms with Gasteiger partial charge in [-0.3, -0.25) is 0 Å². The highest BCUT2D eigenvalue weighted by Crippen LogP contribution is 2.46. The number of para-hydroxylation sites is 1. The first kappa shape index (κ1) is 26.1. The van der Waals surface area contributed by atoms with Gasteiger partial charge in [-0.25, -0.2) is 0 Å². The molecule has 1 aromatic carbocycles. The van der Waals surface area contributed by atoms with Gasteiger partial charge < -0.3 is 19.6 Å². The number of benzene rings is 1. The first-order valence-corrected chi connectivity index (χ1v) is 9.74. The average molecular weight is 459 g/mol. The molecule has 0 unspecified atom stereocenters. The SMILES string of the molecule is C[C@H](c1cccc(OC(F)(F)F)c1N1CCN(C)CC1)C1(O)CCCCC1.Cl.Cl. The zero-order valence-corrected chi connectivity index (χ0v) is 18.5. The van der Waals surface area contributed by atoms with Crippen molar-refractivity contribution in [2.75, 3.05) is 38.1 Å². The lowest BCUT2D eigenvalue weighted by molar-refractivity contribution is -0.274. The molecule has 3 rings (SSSR count). The van der Waals surface area contributed by atoms with Gasteiger partial charge >= 0.3 is 6.36 Å². The van der Waals surface area contributed by atoms with E-state index in [4.69, 9.17) is 0 Å². The minimum atomic E-state index is -4.75. The average Bonchev–Trinajstić information content (AvgIpc) is 2.61. The van der Waals surface area contributed by atoms with Crippen molar-refractivity contribution in [3.63, 3.8) is 0 Å². The van der Waals surface area contributed by atoms with Crippen LogP contribution in [0.3, 0.4) is 0 Å². The van der Waals surface area contributed by atoms with Crippen molar-refractivity contribution in [2.45, 2.75) is 56.9 Å². The lowest BCUT2D eigenvalue weighted by atomic mass is 9.73. The summed E-state index contributed by atoms with van der Waals surface area (Å²) in [4.78, 5) is 4.13. The number of alkyl halides is 3. The van der Waals surface area contributed by atoms with E-state index in [0.29, 0.717) is 31.6 Å². The number of nitrogens with zero attached hydrogens (tertiary/aromatic N) is 2. The molecule has 2 aliphatic rings. The topological polar surface area (TPSA) is 35.9 Å². The minimum absolute atomic E-state index is 0. The van der Waals surface area contributed by atoms with Crippen LogP contribution >= 0.6 is 24.8 Å². The third-order valence-electron chi connectivity index (χ3n) is 6.07. The van der Waals surface area contributed by atoms with Gasteiger partial charge in [-0.05, 0) is 31.5 Å². The zero-order valence-electron chi connectivity index (χ0n) is 16.9. The molecule has 1 saturated carbocycles. The summed E-state index contributed by atoms with van der Waals surface area (Å²) in [5.74, 6) is -0.431. The molecule has 0 amide bonds. The fraction of sp³-hybridized carbons (Fsp3) is 0.700. The van der Waals surface area contributed by atoms with Crippen LogP contribution in [0.2, 0.25) is 0 Å². The van der Waals surface area contributed by atoms with Crippen molar-refractivity contribution in [1.82, 2.24) is 4.90 Å². The molecule has 1 aliphatic carbocycles. The van der Waals surface area contributed by atoms with E-state index in [1.165, 1.54) is 6.07 Å². The molecule has 1 heterocycles. The van der Waals surface area contributed by atoms with Crippen molar-refractivity contribution in [2.24, 2.45) is 0 Å². The Morgan fingerprint density at radius 3 is 2.17 bits per heavy atom. The van der Waals surface area contributed by atoms with Crippen molar-refractivity contribution >= 4 is 30.5 Å². The third-order valence-corrected chi connectivity index (χ3v) is 6.07. The monoisotopic (exact) mass is 458 g/mol. The normalized spacial score (nSPS) is 21.0. The van der Waals surface area contributed by atoms with Gasteiger partial charge in [0, 0.05) is 32.1 Å². The number of hydrogen-bond acceptors (Lipinski definition) is 4. The second kappa shape index (κ2) is 10.4. The maximum absolute atomic E-state index is 13.0. The first-order chi connectivity index (χ1) is 12.7. The number of halogens is 5. The largest absolute Gasteiger partial charge is 0.573 e. The van der Waals surface area contributed by atoms with E-state index in [2.05, 4.69) is 9.64 Å². The molecule has 29 heavy (non-hydrogen) atoms. The lowest BCUT2D eigenvalue weighted by Gasteiger charge is -2.41. The third kappa shape index (κ3) is 6.29. The highest BCUT2D eigenvalue weighted by atomic mass is 35.5. The summed E-state index contributed by atoms with van der Waals surface area (Å²) in [5, 5.41) is 11.2. The predicted octanol–water partition coefficient (Wildman–Crippen LogP) is 4.98. The molecule has 1 aromatic rings. The van der Waals surface area contributed by atoms with Gasteiger partial charge in [0.25, 0.3) is 0 Å². The number of hydrogen-bond donors (Lipinski definition) is 1. The Kier molecular flexibility index (Phi) is 9.40. The molecule has 0 bridgehead atoms. The molecule has 9 heteroatoms. The summed E-state index contributed by atoms with van der Waals surface area (Å²) >= 11 is 0. The van der Waals surface area contributed by atoms with Crippen LogP contribution in [0.5, 0.6) is 5.75 Å². The van der Waals surface area contributed by atoms with Crippen molar-refractivity contribution < 1.29 is 23.0 Å². The van der Waals surface area contributed by atoms with Crippen LogP contribution in [-0.2, 0) is 0 Å². The molecule has 2 fully saturated rings. The Balaban J connectivity index is 0.00000210. The van der Waals surface area contributed by atoms with Crippen LogP contribution in [0.1, 0.15) is 50.5 Å². The molecule has 168 valence electrons. The summed E-state index contributed by atoms with van der Waals surface area (Å²) in [6.07, 6.45) is -0.392. The van der Waals surface area contributed by atoms with Crippen molar-refractivity contribution in [3.8, 4) is 5.75 Å². The summed E-state index contributed by atoms with van der Waals surface area (Å²) in [6, 6.07) is 4.81. The maximum Gasteiger partial charge on any atom is 0.573 e. The Labute approximate surface area is 183 Å². The van der Waals surface area contributed by atoms with Crippen LogP contribution < -0.4 is 9.64 Å². The van der Waals surface area contributed by atoms with E-state index in [-0.39, 0.29) is 36.5 Å². The van der Waals surface area contributed by atoms with Gasteiger partial charge in [0.1, 0.15) is 0 Å². The highest BCUT2D eigenvalue weighted by molar-refractivity contribution is 5.85. The Hall–Kier alpha value is -0.890. The summed E-state index contributed by atoms with van der Waals surface area (Å²) in [5.41, 5.74) is 0.344. The van der Waals surface area contributed by atoms with E-state index in [0.717, 1.165) is 37.9 Å². The molecular weight excluding hydrogens is 428 g/mol. The van der Waals surface area contributed by atoms with Gasteiger partial charge in [-0.2, -0.15) is 0 Å². The minimum Gasteiger partial charge on any atom is -0.404 e. The van der Waals surface area contributed by atoms with Gasteiger partial charge in [-0.15, -0.1) is 38.0 Å². The summed E-state index contributed by atoms with van der Waals surface area (Å²) in [6.45, 7) is 4.74. The van der Waals surface area contributed by atoms with E-state index in [1.807, 2.05) is 24.9 Å². The van der Waals surface area contributed by atoms with Crippen LogP contribution in [0.25, 0.3) is 0 Å². The maximum atomic E-state index is 13.0. The van der Waals surface area contributed by atoms with Gasteiger partial charge in [-0.1, -0.05) is 38.3 Å². The number of likely N-dealkylation sites (N-methyl/N-ethyl adjacent to an activating group) is 1. The number of anilines is 1. The van der Waals surface area contributed by atoms with Crippen LogP contribution in [-0.4, -0.2) is 55.2 Å². The van der Waals surface area contributed by atoms with Crippen molar-refractivity contribution in [1.29, 1.82) is 0 Å². The summed E-state index contributed by atoms with van der Waals surface area (Å²) < 4.78 is 43.4. The highest BCUT2D eigenvalue weighted by Gasteiger charge is 2.39. The molecule has 1 N–H and O–H groups in total. The molecule has 0 aromatic heterocycles. The van der Waals surface area contributed by atoms with Crippen LogP contribution in [0.4, 0.5) is 18.9 Å². The number of piperazine rings is 1. The van der Waals surface area contributed by atoms with Crippen LogP contribution in [0.15, 0.2) is 18.2 Å². The van der Waals surface area contributed by atoms with E-state index < -0.39 is 12.0 Å². The molecule has 4 nitrogen and oxygen atoms in total. The fourth-order valence-corrected chi connectivity index (χ4v) is 4.35.